The summed E-state index contributed by atoms with van der Waals surface area (Å²) >= 11 is 3.57. The third-order valence-corrected chi connectivity index (χ3v) is 3.88. The Hall–Kier alpha value is -0.540. The summed E-state index contributed by atoms with van der Waals surface area (Å²) in [5.74, 6) is 1.80. The van der Waals surface area contributed by atoms with Crippen LogP contribution in [0.15, 0.2) is 16.6 Å². The van der Waals surface area contributed by atoms with Crippen LogP contribution in [-0.2, 0) is 12.8 Å². The van der Waals surface area contributed by atoms with Gasteiger partial charge in [0, 0.05) is 16.9 Å². The number of hydrogen-bond donors (Lipinski definition) is 1. The molecule has 0 radical (unpaired) electrons. The van der Waals surface area contributed by atoms with Crippen LogP contribution in [0.4, 0.5) is 0 Å². The third kappa shape index (κ3) is 3.48. The number of halogens is 1. The Morgan fingerprint density at radius 1 is 1.33 bits per heavy atom. The zero-order chi connectivity index (χ0) is 13.1. The average Bonchev–Trinajstić information content (AvgIpc) is 2.74. The molecule has 0 saturated carbocycles. The summed E-state index contributed by atoms with van der Waals surface area (Å²) in [6, 6.07) is 4.54. The lowest BCUT2D eigenvalue weighted by Gasteiger charge is -2.15. The lowest BCUT2D eigenvalue weighted by atomic mass is 9.97. The van der Waals surface area contributed by atoms with Crippen molar-refractivity contribution in [3.05, 3.63) is 27.7 Å². The van der Waals surface area contributed by atoms with Gasteiger partial charge in [-0.25, -0.2) is 0 Å². The van der Waals surface area contributed by atoms with E-state index in [4.69, 9.17) is 10.5 Å². The summed E-state index contributed by atoms with van der Waals surface area (Å²) < 4.78 is 6.87. The van der Waals surface area contributed by atoms with Crippen molar-refractivity contribution in [2.24, 2.45) is 11.7 Å². The van der Waals surface area contributed by atoms with E-state index in [2.05, 4.69) is 41.9 Å². The first-order valence-electron chi connectivity index (χ1n) is 6.76. The van der Waals surface area contributed by atoms with Crippen LogP contribution in [0.2, 0.25) is 0 Å². The van der Waals surface area contributed by atoms with Crippen molar-refractivity contribution < 1.29 is 4.74 Å². The van der Waals surface area contributed by atoms with Crippen molar-refractivity contribution in [2.75, 3.05) is 6.61 Å². The van der Waals surface area contributed by atoms with Crippen LogP contribution in [0.5, 0.6) is 5.75 Å². The zero-order valence-electron chi connectivity index (χ0n) is 11.2. The summed E-state index contributed by atoms with van der Waals surface area (Å²) in [5.41, 5.74) is 8.80. The summed E-state index contributed by atoms with van der Waals surface area (Å²) in [6.07, 6.45) is 4.20. The van der Waals surface area contributed by atoms with Crippen molar-refractivity contribution in [3.8, 4) is 5.75 Å². The first-order chi connectivity index (χ1) is 8.56. The third-order valence-electron chi connectivity index (χ3n) is 3.42. The summed E-state index contributed by atoms with van der Waals surface area (Å²) in [5, 5.41) is 0. The van der Waals surface area contributed by atoms with Crippen molar-refractivity contribution >= 4 is 15.9 Å². The second-order valence-electron chi connectivity index (χ2n) is 5.59. The Kier molecular flexibility index (Phi) is 4.68. The van der Waals surface area contributed by atoms with Crippen LogP contribution in [0.3, 0.4) is 0 Å². The molecule has 1 aliphatic heterocycles. The van der Waals surface area contributed by atoms with Crippen molar-refractivity contribution in [2.45, 2.75) is 45.6 Å². The Labute approximate surface area is 118 Å². The second kappa shape index (κ2) is 6.07. The van der Waals surface area contributed by atoms with E-state index in [0.29, 0.717) is 0 Å². The molecule has 0 amide bonds. The minimum atomic E-state index is 0.231. The van der Waals surface area contributed by atoms with Crippen molar-refractivity contribution in [1.82, 2.24) is 0 Å². The Morgan fingerprint density at radius 3 is 2.83 bits per heavy atom. The van der Waals surface area contributed by atoms with Gasteiger partial charge in [0.2, 0.25) is 0 Å². The summed E-state index contributed by atoms with van der Waals surface area (Å²) in [6.45, 7) is 5.29. The monoisotopic (exact) mass is 311 g/mol. The van der Waals surface area contributed by atoms with Gasteiger partial charge in [-0.1, -0.05) is 29.8 Å². The second-order valence-corrected chi connectivity index (χ2v) is 6.50. The lowest BCUT2D eigenvalue weighted by Crippen LogP contribution is -2.23. The van der Waals surface area contributed by atoms with Crippen LogP contribution in [0, 0.1) is 5.92 Å². The molecule has 1 aliphatic rings. The van der Waals surface area contributed by atoms with Gasteiger partial charge >= 0.3 is 0 Å². The summed E-state index contributed by atoms with van der Waals surface area (Å²) in [7, 11) is 0. The van der Waals surface area contributed by atoms with E-state index in [1.165, 1.54) is 17.5 Å². The van der Waals surface area contributed by atoms with Gasteiger partial charge in [0.05, 0.1) is 6.61 Å². The molecule has 1 unspecified atom stereocenters. The van der Waals surface area contributed by atoms with Crippen molar-refractivity contribution in [1.29, 1.82) is 0 Å². The van der Waals surface area contributed by atoms with Gasteiger partial charge in [0.1, 0.15) is 5.75 Å². The largest absolute Gasteiger partial charge is 0.493 e. The molecule has 1 aromatic rings. The molecule has 2 N–H and O–H groups in total. The van der Waals surface area contributed by atoms with Crippen LogP contribution >= 0.6 is 15.9 Å². The van der Waals surface area contributed by atoms with E-state index in [9.17, 15) is 0 Å². The van der Waals surface area contributed by atoms with E-state index in [-0.39, 0.29) is 6.04 Å². The van der Waals surface area contributed by atoms with Crippen LogP contribution in [0.25, 0.3) is 0 Å². The molecule has 1 aromatic carbocycles. The van der Waals surface area contributed by atoms with Crippen molar-refractivity contribution in [3.63, 3.8) is 0 Å². The number of benzene rings is 1. The molecule has 1 atom stereocenters. The van der Waals surface area contributed by atoms with Crippen LogP contribution in [0.1, 0.15) is 37.8 Å². The SMILES string of the molecule is CC(C)CCC(N)Cc1cc(Br)cc2c1OCC2. The minimum Gasteiger partial charge on any atom is -0.493 e. The molecule has 2 rings (SSSR count). The minimum absolute atomic E-state index is 0.231. The number of hydrogen-bond acceptors (Lipinski definition) is 2. The predicted molar refractivity (Wildman–Crippen MR) is 79.1 cm³/mol. The predicted octanol–water partition coefficient (Wildman–Crippen LogP) is 3.69. The first-order valence-corrected chi connectivity index (χ1v) is 7.55. The molecule has 0 spiro atoms. The number of fused-ring (bicyclic) bond motifs is 1. The molecule has 1 heterocycles. The highest BCUT2D eigenvalue weighted by molar-refractivity contribution is 9.10. The first kappa shape index (κ1) is 13.9. The maximum Gasteiger partial charge on any atom is 0.125 e. The standard InChI is InChI=1S/C15H22BrNO/c1-10(2)3-4-14(17)9-12-8-13(16)7-11-5-6-18-15(11)12/h7-8,10,14H,3-6,9,17H2,1-2H3. The van der Waals surface area contributed by atoms with Gasteiger partial charge in [-0.2, -0.15) is 0 Å². The highest BCUT2D eigenvalue weighted by Crippen LogP contribution is 2.33. The highest BCUT2D eigenvalue weighted by Gasteiger charge is 2.19. The molecular weight excluding hydrogens is 290 g/mol. The van der Waals surface area contributed by atoms with E-state index in [0.717, 1.165) is 42.0 Å². The molecule has 0 saturated heterocycles. The summed E-state index contributed by atoms with van der Waals surface area (Å²) in [4.78, 5) is 0. The maximum atomic E-state index is 6.23. The average molecular weight is 312 g/mol. The van der Waals surface area contributed by atoms with Crippen LogP contribution in [-0.4, -0.2) is 12.6 Å². The van der Waals surface area contributed by atoms with E-state index < -0.39 is 0 Å². The van der Waals surface area contributed by atoms with Gasteiger partial charge in [-0.15, -0.1) is 0 Å². The zero-order valence-corrected chi connectivity index (χ0v) is 12.8. The van der Waals surface area contributed by atoms with Crippen LogP contribution < -0.4 is 10.5 Å². The smallest absolute Gasteiger partial charge is 0.125 e. The van der Waals surface area contributed by atoms with Gasteiger partial charge in [0.15, 0.2) is 0 Å². The maximum absolute atomic E-state index is 6.23. The van der Waals surface area contributed by atoms with Gasteiger partial charge in [-0.05, 0) is 48.4 Å². The van der Waals surface area contributed by atoms with Gasteiger partial charge in [-0.3, -0.25) is 0 Å². The number of rotatable bonds is 5. The number of ether oxygens (including phenoxy) is 1. The fourth-order valence-corrected chi connectivity index (χ4v) is 2.98. The Bertz CT molecular complexity index is 417. The Morgan fingerprint density at radius 2 is 2.11 bits per heavy atom. The molecule has 0 aromatic heterocycles. The fraction of sp³-hybridized carbons (Fsp3) is 0.600. The van der Waals surface area contributed by atoms with E-state index >= 15 is 0 Å². The molecule has 100 valence electrons. The van der Waals surface area contributed by atoms with E-state index in [1.807, 2.05) is 0 Å². The molecule has 0 fully saturated rings. The van der Waals surface area contributed by atoms with E-state index in [1.54, 1.807) is 0 Å². The van der Waals surface area contributed by atoms with Gasteiger partial charge in [0.25, 0.3) is 0 Å². The number of nitrogens with two attached hydrogens (primary N) is 1. The van der Waals surface area contributed by atoms with Gasteiger partial charge < -0.3 is 10.5 Å². The quantitative estimate of drug-likeness (QED) is 0.900. The molecule has 0 bridgehead atoms. The topological polar surface area (TPSA) is 35.2 Å². The fourth-order valence-electron chi connectivity index (χ4n) is 2.43. The normalized spacial score (nSPS) is 15.6. The molecule has 0 aliphatic carbocycles. The molecular formula is C15H22BrNO. The lowest BCUT2D eigenvalue weighted by molar-refractivity contribution is 0.352. The highest BCUT2D eigenvalue weighted by atomic mass is 79.9. The molecule has 3 heteroatoms. The Balaban J connectivity index is 2.05. The molecule has 18 heavy (non-hydrogen) atoms. The molecule has 2 nitrogen and oxygen atoms in total.